The molecular formula is C13H21N3O3S. The first-order valence-electron chi connectivity index (χ1n) is 6.76. The maximum atomic E-state index is 12.2. The summed E-state index contributed by atoms with van der Waals surface area (Å²) in [6, 6.07) is 3.47. The molecule has 20 heavy (non-hydrogen) atoms. The van der Waals surface area contributed by atoms with Crippen LogP contribution in [0.5, 0.6) is 0 Å². The Labute approximate surface area is 120 Å². The van der Waals surface area contributed by atoms with Crippen molar-refractivity contribution in [1.29, 1.82) is 0 Å². The van der Waals surface area contributed by atoms with E-state index in [1.54, 1.807) is 31.6 Å². The third-order valence-electron chi connectivity index (χ3n) is 3.41. The minimum atomic E-state index is -3.28. The summed E-state index contributed by atoms with van der Waals surface area (Å²) in [6.07, 6.45) is 3.81. The zero-order chi connectivity index (χ0) is 14.4. The van der Waals surface area contributed by atoms with Crippen molar-refractivity contribution in [3.05, 3.63) is 24.5 Å². The molecule has 0 N–H and O–H groups in total. The standard InChI is InChI=1S/C13H21N3O3S/c1-15(13-4-2-5-14-12-13)20(17,18)11-3-6-16-7-9-19-10-8-16/h2,4-5,12H,3,6-11H2,1H3. The average Bonchev–Trinajstić information content (AvgIpc) is 2.48. The van der Waals surface area contributed by atoms with E-state index < -0.39 is 10.0 Å². The minimum absolute atomic E-state index is 0.149. The van der Waals surface area contributed by atoms with Gasteiger partial charge in [0.25, 0.3) is 0 Å². The molecule has 0 amide bonds. The number of aromatic nitrogens is 1. The molecular weight excluding hydrogens is 278 g/mol. The van der Waals surface area contributed by atoms with Gasteiger partial charge in [-0.05, 0) is 25.1 Å². The second kappa shape index (κ2) is 7.01. The number of sulfonamides is 1. The predicted molar refractivity (Wildman–Crippen MR) is 78.3 cm³/mol. The van der Waals surface area contributed by atoms with Crippen molar-refractivity contribution in [2.75, 3.05) is 50.0 Å². The van der Waals surface area contributed by atoms with Crippen LogP contribution in [0, 0.1) is 0 Å². The fraction of sp³-hybridized carbons (Fsp3) is 0.615. The highest BCUT2D eigenvalue weighted by atomic mass is 32.2. The quantitative estimate of drug-likeness (QED) is 0.768. The summed E-state index contributed by atoms with van der Waals surface area (Å²) in [6.45, 7) is 4.05. The largest absolute Gasteiger partial charge is 0.379 e. The molecule has 6 nitrogen and oxygen atoms in total. The van der Waals surface area contributed by atoms with Gasteiger partial charge in [0.1, 0.15) is 0 Å². The molecule has 1 aliphatic rings. The lowest BCUT2D eigenvalue weighted by molar-refractivity contribution is 0.0381. The highest BCUT2D eigenvalue weighted by Gasteiger charge is 2.19. The lowest BCUT2D eigenvalue weighted by Gasteiger charge is -2.26. The fourth-order valence-electron chi connectivity index (χ4n) is 2.13. The predicted octanol–water partition coefficient (Wildman–Crippen LogP) is 0.570. The van der Waals surface area contributed by atoms with Crippen molar-refractivity contribution in [1.82, 2.24) is 9.88 Å². The zero-order valence-corrected chi connectivity index (χ0v) is 12.6. The van der Waals surface area contributed by atoms with E-state index >= 15 is 0 Å². The van der Waals surface area contributed by atoms with Crippen LogP contribution in [0.1, 0.15) is 6.42 Å². The maximum absolute atomic E-state index is 12.2. The number of nitrogens with zero attached hydrogens (tertiary/aromatic N) is 3. The summed E-state index contributed by atoms with van der Waals surface area (Å²) in [4.78, 5) is 6.18. The summed E-state index contributed by atoms with van der Waals surface area (Å²) in [7, 11) is -1.71. The van der Waals surface area contributed by atoms with Gasteiger partial charge < -0.3 is 4.74 Å². The van der Waals surface area contributed by atoms with E-state index in [1.165, 1.54) is 4.31 Å². The van der Waals surface area contributed by atoms with E-state index in [0.717, 1.165) is 32.8 Å². The molecule has 7 heteroatoms. The van der Waals surface area contributed by atoms with Crippen molar-refractivity contribution >= 4 is 15.7 Å². The molecule has 0 bridgehead atoms. The summed E-state index contributed by atoms with van der Waals surface area (Å²) in [5.41, 5.74) is 0.596. The molecule has 1 aromatic rings. The van der Waals surface area contributed by atoms with Gasteiger partial charge in [-0.3, -0.25) is 14.2 Å². The van der Waals surface area contributed by atoms with Crippen LogP contribution in [0.25, 0.3) is 0 Å². The highest BCUT2D eigenvalue weighted by Crippen LogP contribution is 2.14. The third kappa shape index (κ3) is 4.16. The smallest absolute Gasteiger partial charge is 0.234 e. The van der Waals surface area contributed by atoms with Gasteiger partial charge >= 0.3 is 0 Å². The molecule has 2 heterocycles. The lowest BCUT2D eigenvalue weighted by atomic mass is 10.4. The van der Waals surface area contributed by atoms with Crippen molar-refractivity contribution < 1.29 is 13.2 Å². The topological polar surface area (TPSA) is 62.7 Å². The second-order valence-electron chi connectivity index (χ2n) is 4.80. The summed E-state index contributed by atoms with van der Waals surface area (Å²) in [5, 5.41) is 0. The Morgan fingerprint density at radius 2 is 2.15 bits per heavy atom. The van der Waals surface area contributed by atoms with Crippen LogP contribution in [0.4, 0.5) is 5.69 Å². The van der Waals surface area contributed by atoms with Crippen LogP contribution in [-0.4, -0.2) is 64.0 Å². The van der Waals surface area contributed by atoms with Crippen molar-refractivity contribution in [2.24, 2.45) is 0 Å². The number of pyridine rings is 1. The third-order valence-corrected chi connectivity index (χ3v) is 5.26. The van der Waals surface area contributed by atoms with Crippen LogP contribution < -0.4 is 4.31 Å². The van der Waals surface area contributed by atoms with Gasteiger partial charge in [0, 0.05) is 26.3 Å². The Hall–Kier alpha value is -1.18. The summed E-state index contributed by atoms with van der Waals surface area (Å²) < 4.78 is 31.0. The molecule has 2 rings (SSSR count). The van der Waals surface area contributed by atoms with E-state index in [1.807, 2.05) is 0 Å². The van der Waals surface area contributed by atoms with Crippen LogP contribution in [0.3, 0.4) is 0 Å². The lowest BCUT2D eigenvalue weighted by Crippen LogP contribution is -2.38. The van der Waals surface area contributed by atoms with Crippen molar-refractivity contribution in [2.45, 2.75) is 6.42 Å². The first-order chi connectivity index (χ1) is 9.59. The van der Waals surface area contributed by atoms with Gasteiger partial charge in [-0.25, -0.2) is 8.42 Å². The first kappa shape index (κ1) is 15.2. The van der Waals surface area contributed by atoms with Crippen LogP contribution >= 0.6 is 0 Å². The number of anilines is 1. The van der Waals surface area contributed by atoms with E-state index in [9.17, 15) is 8.42 Å². The Morgan fingerprint density at radius 3 is 2.80 bits per heavy atom. The Kier molecular flexibility index (Phi) is 5.33. The number of ether oxygens (including phenoxy) is 1. The fourth-order valence-corrected chi connectivity index (χ4v) is 3.33. The molecule has 0 atom stereocenters. The average molecular weight is 299 g/mol. The van der Waals surface area contributed by atoms with E-state index in [4.69, 9.17) is 4.74 Å². The molecule has 112 valence electrons. The molecule has 0 unspecified atom stereocenters. The molecule has 0 saturated carbocycles. The summed E-state index contributed by atoms with van der Waals surface area (Å²) in [5.74, 6) is 0.149. The number of morpholine rings is 1. The van der Waals surface area contributed by atoms with E-state index in [-0.39, 0.29) is 5.75 Å². The molecule has 1 aromatic heterocycles. The molecule has 0 aromatic carbocycles. The van der Waals surface area contributed by atoms with Gasteiger partial charge in [0.05, 0.1) is 30.9 Å². The zero-order valence-electron chi connectivity index (χ0n) is 11.7. The Morgan fingerprint density at radius 1 is 1.40 bits per heavy atom. The highest BCUT2D eigenvalue weighted by molar-refractivity contribution is 7.92. The molecule has 1 fully saturated rings. The molecule has 1 aliphatic heterocycles. The second-order valence-corrected chi connectivity index (χ2v) is 6.92. The molecule has 0 spiro atoms. The first-order valence-corrected chi connectivity index (χ1v) is 8.37. The van der Waals surface area contributed by atoms with Gasteiger partial charge in [-0.1, -0.05) is 0 Å². The van der Waals surface area contributed by atoms with Gasteiger partial charge in [0.15, 0.2) is 0 Å². The SMILES string of the molecule is CN(c1cccnc1)S(=O)(=O)CCCN1CCOCC1. The summed E-state index contributed by atoms with van der Waals surface area (Å²) >= 11 is 0. The molecule has 0 radical (unpaired) electrons. The minimum Gasteiger partial charge on any atom is -0.379 e. The van der Waals surface area contributed by atoms with Gasteiger partial charge in [-0.15, -0.1) is 0 Å². The monoisotopic (exact) mass is 299 g/mol. The van der Waals surface area contributed by atoms with Crippen LogP contribution in [0.15, 0.2) is 24.5 Å². The van der Waals surface area contributed by atoms with Gasteiger partial charge in [-0.2, -0.15) is 0 Å². The van der Waals surface area contributed by atoms with Crippen molar-refractivity contribution in [3.8, 4) is 0 Å². The van der Waals surface area contributed by atoms with E-state index in [2.05, 4.69) is 9.88 Å². The molecule has 1 saturated heterocycles. The van der Waals surface area contributed by atoms with Gasteiger partial charge in [0.2, 0.25) is 10.0 Å². The van der Waals surface area contributed by atoms with Crippen LogP contribution in [0.2, 0.25) is 0 Å². The maximum Gasteiger partial charge on any atom is 0.234 e. The number of rotatable bonds is 6. The molecule has 0 aliphatic carbocycles. The van der Waals surface area contributed by atoms with E-state index in [0.29, 0.717) is 12.1 Å². The number of hydrogen-bond acceptors (Lipinski definition) is 5. The normalized spacial score (nSPS) is 17.1. The van der Waals surface area contributed by atoms with Crippen LogP contribution in [-0.2, 0) is 14.8 Å². The number of hydrogen-bond donors (Lipinski definition) is 0. The Bertz CT molecular complexity index is 501. The van der Waals surface area contributed by atoms with Crippen molar-refractivity contribution in [3.63, 3.8) is 0 Å². The Balaban J connectivity index is 1.84.